The molecule has 0 spiro atoms. The van der Waals surface area contributed by atoms with Crippen molar-refractivity contribution < 1.29 is 0 Å². The normalized spacial score (nSPS) is 13.3. The van der Waals surface area contributed by atoms with Crippen molar-refractivity contribution in [3.05, 3.63) is 174 Å². The molecule has 3 nitrogen and oxygen atoms in total. The number of fused-ring (bicyclic) bond motifs is 6. The molecule has 0 amide bonds. The van der Waals surface area contributed by atoms with Gasteiger partial charge in [0.1, 0.15) is 0 Å². The van der Waals surface area contributed by atoms with Crippen LogP contribution in [0.5, 0.6) is 0 Å². The minimum Gasteiger partial charge on any atom is -0.256 e. The van der Waals surface area contributed by atoms with Gasteiger partial charge in [0.2, 0.25) is 0 Å². The molecule has 1 aliphatic rings. The third-order valence-electron chi connectivity index (χ3n) is 9.13. The summed E-state index contributed by atoms with van der Waals surface area (Å²) >= 11 is 0. The Morgan fingerprint density at radius 3 is 2.09 bits per heavy atom. The minimum atomic E-state index is 0.630. The van der Waals surface area contributed by atoms with Gasteiger partial charge in [0.25, 0.3) is 0 Å². The number of rotatable bonds is 5. The van der Waals surface area contributed by atoms with E-state index >= 15 is 0 Å². The van der Waals surface area contributed by atoms with E-state index < -0.39 is 0 Å². The predicted molar refractivity (Wildman–Crippen MR) is 200 cm³/mol. The SMILES string of the molecule is C=C(/N=C(\N=C(/C)c1cc2ccccc2c2ccccc12)c1ccc(-c2ccccn2)cc1)c1cc2ccccc2c2c1CCC=C2. The maximum Gasteiger partial charge on any atom is 0.160 e. The zero-order chi connectivity index (χ0) is 31.7. The van der Waals surface area contributed by atoms with E-state index in [1.807, 2.05) is 24.4 Å². The van der Waals surface area contributed by atoms with E-state index in [-0.39, 0.29) is 0 Å². The summed E-state index contributed by atoms with van der Waals surface area (Å²) in [5, 5.41) is 7.27. The molecule has 0 bridgehead atoms. The summed E-state index contributed by atoms with van der Waals surface area (Å²) in [6.45, 7) is 6.63. The summed E-state index contributed by atoms with van der Waals surface area (Å²) in [7, 11) is 0. The number of aliphatic imine (C=N–C) groups is 2. The fourth-order valence-corrected chi connectivity index (χ4v) is 6.80. The van der Waals surface area contributed by atoms with Crippen LogP contribution in [0.3, 0.4) is 0 Å². The molecule has 0 atom stereocenters. The molecule has 0 saturated carbocycles. The largest absolute Gasteiger partial charge is 0.256 e. The highest BCUT2D eigenvalue weighted by atomic mass is 14.9. The van der Waals surface area contributed by atoms with Gasteiger partial charge in [-0.2, -0.15) is 0 Å². The maximum absolute atomic E-state index is 5.29. The second-order valence-electron chi connectivity index (χ2n) is 12.0. The lowest BCUT2D eigenvalue weighted by molar-refractivity contribution is 0.983. The number of nitrogens with zero attached hydrogens (tertiary/aromatic N) is 3. The van der Waals surface area contributed by atoms with Crippen LogP contribution in [0, 0.1) is 0 Å². The van der Waals surface area contributed by atoms with E-state index in [9.17, 15) is 0 Å². The average Bonchev–Trinajstić information content (AvgIpc) is 3.14. The first-order valence-corrected chi connectivity index (χ1v) is 16.1. The Morgan fingerprint density at radius 2 is 1.32 bits per heavy atom. The first-order valence-electron chi connectivity index (χ1n) is 16.1. The molecule has 224 valence electrons. The zero-order valence-corrected chi connectivity index (χ0v) is 26.3. The van der Waals surface area contributed by atoms with Crippen molar-refractivity contribution in [2.75, 3.05) is 0 Å². The lowest BCUT2D eigenvalue weighted by Gasteiger charge is -2.19. The summed E-state index contributed by atoms with van der Waals surface area (Å²) in [5.74, 6) is 0.630. The standard InChI is InChI=1S/C44H33N3/c1-29(41-27-33-13-3-5-15-35(33)37-17-7-9-19-39(37)41)46-44(32-24-22-31(23-25-32)43-21-11-12-26-45-43)47-30(2)42-28-34-14-4-6-16-36(34)38-18-8-10-20-40(38)42/h3-8,10-18,20-28H,1,9,19H2,2H3/b46-44-,47-30+. The Bertz CT molecular complexity index is 2410. The lowest BCUT2D eigenvalue weighted by atomic mass is 9.87. The van der Waals surface area contributed by atoms with Crippen LogP contribution in [0.25, 0.3) is 55.3 Å². The number of allylic oxidation sites excluding steroid dienone is 1. The quantitative estimate of drug-likeness (QED) is 0.110. The van der Waals surface area contributed by atoms with Gasteiger partial charge in [-0.3, -0.25) is 4.98 Å². The number of hydrogen-bond acceptors (Lipinski definition) is 2. The number of pyridine rings is 1. The summed E-state index contributed by atoms with van der Waals surface area (Å²) in [4.78, 5) is 15.1. The van der Waals surface area contributed by atoms with Gasteiger partial charge in [-0.25, -0.2) is 9.98 Å². The van der Waals surface area contributed by atoms with E-state index in [1.54, 1.807) is 0 Å². The Hall–Kier alpha value is -5.93. The molecule has 0 fully saturated rings. The molecule has 0 saturated heterocycles. The minimum absolute atomic E-state index is 0.630. The summed E-state index contributed by atoms with van der Waals surface area (Å²) in [6, 6.07) is 44.5. The topological polar surface area (TPSA) is 37.6 Å². The van der Waals surface area contributed by atoms with Crippen LogP contribution in [0.4, 0.5) is 0 Å². The van der Waals surface area contributed by atoms with Gasteiger partial charge in [0.05, 0.1) is 11.4 Å². The van der Waals surface area contributed by atoms with Gasteiger partial charge in [-0.15, -0.1) is 0 Å². The van der Waals surface area contributed by atoms with E-state index in [4.69, 9.17) is 9.98 Å². The third kappa shape index (κ3) is 5.36. The van der Waals surface area contributed by atoms with Crippen molar-refractivity contribution in [3.8, 4) is 11.3 Å². The molecule has 0 N–H and O–H groups in total. The van der Waals surface area contributed by atoms with Crippen molar-refractivity contribution >= 4 is 55.6 Å². The number of hydrogen-bond donors (Lipinski definition) is 0. The van der Waals surface area contributed by atoms with E-state index in [2.05, 4.69) is 140 Å². The highest BCUT2D eigenvalue weighted by Crippen LogP contribution is 2.35. The van der Waals surface area contributed by atoms with E-state index in [0.717, 1.165) is 46.5 Å². The van der Waals surface area contributed by atoms with Gasteiger partial charge in [-0.1, -0.05) is 122 Å². The molecule has 1 heterocycles. The van der Waals surface area contributed by atoms with Crippen LogP contribution >= 0.6 is 0 Å². The lowest BCUT2D eigenvalue weighted by Crippen LogP contribution is -2.06. The van der Waals surface area contributed by atoms with E-state index in [1.165, 1.54) is 43.4 Å². The second kappa shape index (κ2) is 12.1. The molecule has 0 unspecified atom stereocenters. The molecule has 1 aromatic heterocycles. The fourth-order valence-electron chi connectivity index (χ4n) is 6.80. The Labute approximate surface area is 275 Å². The first kappa shape index (κ1) is 28.5. The molecule has 0 aliphatic heterocycles. The van der Waals surface area contributed by atoms with Crippen molar-refractivity contribution in [3.63, 3.8) is 0 Å². The maximum atomic E-state index is 5.29. The molecule has 6 aromatic carbocycles. The van der Waals surface area contributed by atoms with Crippen LogP contribution in [-0.2, 0) is 6.42 Å². The molecule has 7 aromatic rings. The molecular weight excluding hydrogens is 571 g/mol. The second-order valence-corrected chi connectivity index (χ2v) is 12.0. The van der Waals surface area contributed by atoms with Crippen LogP contribution in [0.1, 0.15) is 41.2 Å². The molecular formula is C44H33N3. The average molecular weight is 604 g/mol. The van der Waals surface area contributed by atoms with Gasteiger partial charge in [0, 0.05) is 34.2 Å². The first-order chi connectivity index (χ1) is 23.1. The summed E-state index contributed by atoms with van der Waals surface area (Å²) < 4.78 is 0. The number of aromatic nitrogens is 1. The Balaban J connectivity index is 1.29. The Kier molecular flexibility index (Phi) is 7.35. The van der Waals surface area contributed by atoms with Crippen LogP contribution in [0.2, 0.25) is 0 Å². The van der Waals surface area contributed by atoms with Crippen molar-refractivity contribution in [2.24, 2.45) is 9.98 Å². The van der Waals surface area contributed by atoms with Gasteiger partial charge < -0.3 is 0 Å². The Morgan fingerprint density at radius 1 is 0.660 bits per heavy atom. The molecule has 8 rings (SSSR count). The highest BCUT2D eigenvalue weighted by Gasteiger charge is 2.17. The fraction of sp³-hybridized carbons (Fsp3) is 0.0682. The smallest absolute Gasteiger partial charge is 0.160 e. The summed E-state index contributed by atoms with van der Waals surface area (Å²) in [5.41, 5.74) is 9.25. The van der Waals surface area contributed by atoms with Gasteiger partial charge in [-0.05, 0) is 87.5 Å². The predicted octanol–water partition coefficient (Wildman–Crippen LogP) is 11.1. The zero-order valence-electron chi connectivity index (χ0n) is 26.3. The van der Waals surface area contributed by atoms with E-state index in [0.29, 0.717) is 11.5 Å². The number of benzene rings is 6. The van der Waals surface area contributed by atoms with Crippen molar-refractivity contribution in [1.29, 1.82) is 0 Å². The molecule has 1 aliphatic carbocycles. The monoisotopic (exact) mass is 603 g/mol. The highest BCUT2D eigenvalue weighted by molar-refractivity contribution is 6.21. The van der Waals surface area contributed by atoms with Crippen molar-refractivity contribution in [2.45, 2.75) is 19.8 Å². The summed E-state index contributed by atoms with van der Waals surface area (Å²) in [6.07, 6.45) is 8.30. The van der Waals surface area contributed by atoms with Crippen molar-refractivity contribution in [1.82, 2.24) is 4.98 Å². The van der Waals surface area contributed by atoms with Crippen LogP contribution in [0.15, 0.2) is 156 Å². The van der Waals surface area contributed by atoms with Crippen LogP contribution in [-0.4, -0.2) is 16.5 Å². The van der Waals surface area contributed by atoms with Gasteiger partial charge >= 0.3 is 0 Å². The van der Waals surface area contributed by atoms with Gasteiger partial charge in [0.15, 0.2) is 5.84 Å². The molecule has 0 radical (unpaired) electrons. The third-order valence-corrected chi connectivity index (χ3v) is 9.13. The molecule has 3 heteroatoms. The number of amidine groups is 1. The van der Waals surface area contributed by atoms with Crippen LogP contribution < -0.4 is 0 Å². The molecule has 47 heavy (non-hydrogen) atoms.